The van der Waals surface area contributed by atoms with Gasteiger partial charge in [0.2, 0.25) is 0 Å². The van der Waals surface area contributed by atoms with Crippen LogP contribution in [0.4, 0.5) is 0 Å². The molecule has 1 aromatic heterocycles. The predicted octanol–water partition coefficient (Wildman–Crippen LogP) is 4.52. The second-order valence-electron chi connectivity index (χ2n) is 4.10. The maximum atomic E-state index is 9.17. The van der Waals surface area contributed by atoms with Crippen molar-refractivity contribution in [2.75, 3.05) is 0 Å². The second-order valence-corrected chi connectivity index (χ2v) is 4.10. The summed E-state index contributed by atoms with van der Waals surface area (Å²) in [5.41, 5.74) is 2.73. The molecule has 0 spiro atoms. The van der Waals surface area contributed by atoms with Crippen molar-refractivity contribution in [2.45, 2.75) is 0 Å². The molecule has 0 saturated heterocycles. The summed E-state index contributed by atoms with van der Waals surface area (Å²) >= 11 is 0. The molecule has 0 amide bonds. The number of rotatable bonds is 0. The summed E-state index contributed by atoms with van der Waals surface area (Å²) in [5.74, 6) is 0.311. The minimum absolute atomic E-state index is 0.311. The Labute approximate surface area is 110 Å². The highest BCUT2D eigenvalue weighted by Gasteiger charge is 2.06. The van der Waals surface area contributed by atoms with Crippen LogP contribution in [-0.4, -0.2) is 5.11 Å². The molecular weight excluding hydrogens is 240 g/mol. The summed E-state index contributed by atoms with van der Waals surface area (Å²) in [6, 6.07) is 15.1. The van der Waals surface area contributed by atoms with Crippen LogP contribution in [0.2, 0.25) is 0 Å². The highest BCUT2D eigenvalue weighted by atomic mass is 16.3. The molecule has 0 saturated carbocycles. The van der Waals surface area contributed by atoms with Crippen molar-refractivity contribution in [3.05, 3.63) is 67.3 Å². The van der Waals surface area contributed by atoms with Crippen molar-refractivity contribution in [3.63, 3.8) is 0 Å². The standard InChI is InChI=1S/C8H6O2.C8H6O/c9-8-2-1-6-5-10-4-3-7(6)8;1-2-4-8-7(3-1)5-6-9-8/h1-5,9H;1-6H. The monoisotopic (exact) mass is 252 g/mol. The van der Waals surface area contributed by atoms with Gasteiger partial charge in [-0.1, -0.05) is 18.2 Å². The Morgan fingerprint density at radius 3 is 2.58 bits per heavy atom. The van der Waals surface area contributed by atoms with E-state index in [0.717, 1.165) is 22.1 Å². The lowest BCUT2D eigenvalue weighted by atomic mass is 10.2. The van der Waals surface area contributed by atoms with E-state index >= 15 is 0 Å². The van der Waals surface area contributed by atoms with E-state index in [1.54, 1.807) is 30.9 Å². The summed E-state index contributed by atoms with van der Waals surface area (Å²) in [6.07, 6.45) is 4.85. The average molecular weight is 252 g/mol. The van der Waals surface area contributed by atoms with E-state index in [1.807, 2.05) is 36.4 Å². The summed E-state index contributed by atoms with van der Waals surface area (Å²) in [6.45, 7) is 0. The minimum atomic E-state index is 0.311. The first-order valence-electron chi connectivity index (χ1n) is 5.91. The normalized spacial score (nSPS) is 10.3. The summed E-state index contributed by atoms with van der Waals surface area (Å²) < 4.78 is 10.0. The Bertz CT molecular complexity index is 721. The van der Waals surface area contributed by atoms with Crippen LogP contribution in [0, 0.1) is 0 Å². The van der Waals surface area contributed by atoms with Gasteiger partial charge in [0.05, 0.1) is 18.8 Å². The van der Waals surface area contributed by atoms with Crippen LogP contribution in [0.15, 0.2) is 76.2 Å². The maximum Gasteiger partial charge on any atom is 0.133 e. The lowest BCUT2D eigenvalue weighted by Gasteiger charge is -1.94. The molecule has 0 bridgehead atoms. The Morgan fingerprint density at radius 2 is 1.74 bits per heavy atom. The Balaban J connectivity index is 0.000000117. The first-order valence-corrected chi connectivity index (χ1v) is 5.91. The number of furan rings is 1. The number of aromatic hydroxyl groups is 1. The maximum absolute atomic E-state index is 9.17. The first kappa shape index (κ1) is 11.4. The fraction of sp³-hybridized carbons (Fsp3) is 0. The number of hydrogen-bond donors (Lipinski definition) is 1. The van der Waals surface area contributed by atoms with Crippen molar-refractivity contribution >= 4 is 11.0 Å². The van der Waals surface area contributed by atoms with Gasteiger partial charge in [-0.3, -0.25) is 0 Å². The van der Waals surface area contributed by atoms with Gasteiger partial charge >= 0.3 is 0 Å². The van der Waals surface area contributed by atoms with Crippen LogP contribution >= 0.6 is 0 Å². The second kappa shape index (κ2) is 4.90. The average Bonchev–Trinajstić information content (AvgIpc) is 3.07. The van der Waals surface area contributed by atoms with Crippen LogP contribution in [0.3, 0.4) is 0 Å². The quantitative estimate of drug-likeness (QED) is 0.500. The van der Waals surface area contributed by atoms with E-state index in [9.17, 15) is 0 Å². The molecule has 2 aromatic rings. The predicted molar refractivity (Wildman–Crippen MR) is 73.2 cm³/mol. The third kappa shape index (κ3) is 2.31. The molecule has 0 radical (unpaired) electrons. The van der Waals surface area contributed by atoms with E-state index in [0.29, 0.717) is 5.75 Å². The number of hydrogen-bond acceptors (Lipinski definition) is 3. The molecule has 3 nitrogen and oxygen atoms in total. The fourth-order valence-electron chi connectivity index (χ4n) is 1.91. The Morgan fingerprint density at radius 1 is 0.842 bits per heavy atom. The molecular formula is C16H12O3. The van der Waals surface area contributed by atoms with Crippen LogP contribution in [0.25, 0.3) is 22.1 Å². The molecule has 2 aliphatic rings. The lowest BCUT2D eigenvalue weighted by Crippen LogP contribution is -1.69. The smallest absolute Gasteiger partial charge is 0.133 e. The van der Waals surface area contributed by atoms with Crippen molar-refractivity contribution in [3.8, 4) is 16.9 Å². The van der Waals surface area contributed by atoms with Gasteiger partial charge in [-0.05, 0) is 30.3 Å². The van der Waals surface area contributed by atoms with Gasteiger partial charge in [0.25, 0.3) is 0 Å². The topological polar surface area (TPSA) is 46.5 Å². The lowest BCUT2D eigenvalue weighted by molar-refractivity contribution is 0.477. The van der Waals surface area contributed by atoms with E-state index < -0.39 is 0 Å². The molecule has 3 heteroatoms. The van der Waals surface area contributed by atoms with Crippen LogP contribution < -0.4 is 0 Å². The largest absolute Gasteiger partial charge is 0.507 e. The SMILES string of the molecule is Oc1ccc2coccc1-2.c1ccc2occc2c1. The van der Waals surface area contributed by atoms with Crippen molar-refractivity contribution in [1.29, 1.82) is 0 Å². The fourth-order valence-corrected chi connectivity index (χ4v) is 1.91. The number of para-hydroxylation sites is 1. The van der Waals surface area contributed by atoms with E-state index in [-0.39, 0.29) is 0 Å². The number of benzene rings is 1. The van der Waals surface area contributed by atoms with E-state index in [2.05, 4.69) is 0 Å². The molecule has 0 unspecified atom stereocenters. The summed E-state index contributed by atoms with van der Waals surface area (Å²) in [4.78, 5) is 0. The molecule has 94 valence electrons. The highest BCUT2D eigenvalue weighted by molar-refractivity contribution is 5.76. The Hall–Kier alpha value is -2.68. The molecule has 0 fully saturated rings. The van der Waals surface area contributed by atoms with Crippen LogP contribution in [0.5, 0.6) is 5.75 Å². The van der Waals surface area contributed by atoms with Gasteiger partial charge in [0.15, 0.2) is 0 Å². The zero-order valence-electron chi connectivity index (χ0n) is 10.1. The van der Waals surface area contributed by atoms with Gasteiger partial charge in [-0.2, -0.15) is 0 Å². The van der Waals surface area contributed by atoms with Gasteiger partial charge in [0, 0.05) is 16.5 Å². The third-order valence-electron chi connectivity index (χ3n) is 2.88. The first-order chi connectivity index (χ1) is 9.34. The van der Waals surface area contributed by atoms with Crippen LogP contribution in [0.1, 0.15) is 0 Å². The molecule has 1 N–H and O–H groups in total. The van der Waals surface area contributed by atoms with Gasteiger partial charge < -0.3 is 13.9 Å². The zero-order chi connectivity index (χ0) is 13.1. The highest BCUT2D eigenvalue weighted by Crippen LogP contribution is 2.32. The van der Waals surface area contributed by atoms with Crippen molar-refractivity contribution < 1.29 is 13.9 Å². The molecule has 2 heterocycles. The molecule has 1 aliphatic heterocycles. The molecule has 0 atom stereocenters. The van der Waals surface area contributed by atoms with E-state index in [4.69, 9.17) is 13.9 Å². The minimum Gasteiger partial charge on any atom is -0.507 e. The van der Waals surface area contributed by atoms with Gasteiger partial charge in [-0.25, -0.2) is 0 Å². The summed E-state index contributed by atoms with van der Waals surface area (Å²) in [7, 11) is 0. The van der Waals surface area contributed by atoms with Crippen molar-refractivity contribution in [1.82, 2.24) is 0 Å². The molecule has 4 rings (SSSR count). The van der Waals surface area contributed by atoms with Crippen molar-refractivity contribution in [2.24, 2.45) is 0 Å². The summed E-state index contributed by atoms with van der Waals surface area (Å²) in [5, 5.41) is 10.3. The van der Waals surface area contributed by atoms with Gasteiger partial charge in [0.1, 0.15) is 11.3 Å². The van der Waals surface area contributed by atoms with E-state index in [1.165, 1.54) is 0 Å². The molecule has 1 aromatic carbocycles. The number of fused-ring (bicyclic) bond motifs is 2. The molecule has 1 aliphatic carbocycles. The third-order valence-corrected chi connectivity index (χ3v) is 2.88. The van der Waals surface area contributed by atoms with Gasteiger partial charge in [-0.15, -0.1) is 0 Å². The Kier molecular flexibility index (Phi) is 2.94. The van der Waals surface area contributed by atoms with Crippen LogP contribution in [-0.2, 0) is 0 Å². The molecule has 19 heavy (non-hydrogen) atoms. The zero-order valence-corrected chi connectivity index (χ0v) is 10.1.